The summed E-state index contributed by atoms with van der Waals surface area (Å²) in [6.07, 6.45) is 7.10. The van der Waals surface area contributed by atoms with E-state index in [-0.39, 0.29) is 12.2 Å². The molecule has 0 aromatic heterocycles. The molecule has 0 heterocycles. The van der Waals surface area contributed by atoms with Crippen LogP contribution in [0.4, 0.5) is 0 Å². The number of hydrogen-bond acceptors (Lipinski definition) is 2. The predicted octanol–water partition coefficient (Wildman–Crippen LogP) is 7.29. The van der Waals surface area contributed by atoms with Crippen molar-refractivity contribution in [3.63, 3.8) is 0 Å². The molecule has 0 fully saturated rings. The van der Waals surface area contributed by atoms with E-state index in [1.807, 2.05) is 42.5 Å². The van der Waals surface area contributed by atoms with Crippen molar-refractivity contribution in [1.82, 2.24) is 0 Å². The van der Waals surface area contributed by atoms with Gasteiger partial charge in [-0.15, -0.1) is 0 Å². The maximum absolute atomic E-state index is 6.53. The molecule has 0 aliphatic heterocycles. The molecule has 0 N–H and O–H groups in total. The summed E-state index contributed by atoms with van der Waals surface area (Å²) in [5.74, 6) is 1.09. The van der Waals surface area contributed by atoms with Gasteiger partial charge in [-0.2, -0.15) is 0 Å². The zero-order valence-electron chi connectivity index (χ0n) is 19.5. The third kappa shape index (κ3) is 5.77. The molecule has 2 nitrogen and oxygen atoms in total. The molecule has 0 saturated heterocycles. The Bertz CT molecular complexity index is 939. The number of allylic oxidation sites excluding steroid dienone is 1. The second-order valence-corrected chi connectivity index (χ2v) is 8.56. The fourth-order valence-corrected chi connectivity index (χ4v) is 4.27. The Labute approximate surface area is 188 Å². The van der Waals surface area contributed by atoms with Crippen LogP contribution in [0.3, 0.4) is 0 Å². The lowest BCUT2D eigenvalue weighted by atomic mass is 9.96. The third-order valence-electron chi connectivity index (χ3n) is 6.21. The van der Waals surface area contributed by atoms with Crippen molar-refractivity contribution >= 4 is 0 Å². The van der Waals surface area contributed by atoms with Gasteiger partial charge in [0, 0.05) is 0 Å². The lowest BCUT2D eigenvalue weighted by molar-refractivity contribution is -0.00646. The molecule has 3 unspecified atom stereocenters. The molecule has 0 amide bonds. The first-order valence-corrected chi connectivity index (χ1v) is 11.4. The van der Waals surface area contributed by atoms with Gasteiger partial charge >= 0.3 is 0 Å². The molecule has 2 aromatic rings. The van der Waals surface area contributed by atoms with Crippen molar-refractivity contribution in [3.05, 3.63) is 107 Å². The van der Waals surface area contributed by atoms with Crippen LogP contribution in [0.1, 0.15) is 61.6 Å². The highest BCUT2D eigenvalue weighted by molar-refractivity contribution is 5.43. The number of aryl methyl sites for hydroxylation is 2. The molecule has 3 atom stereocenters. The summed E-state index contributed by atoms with van der Waals surface area (Å²) in [4.78, 5) is 0. The van der Waals surface area contributed by atoms with Crippen molar-refractivity contribution < 1.29 is 9.47 Å². The van der Waals surface area contributed by atoms with Crippen LogP contribution < -0.4 is 0 Å². The Morgan fingerprint density at radius 2 is 1.74 bits per heavy atom. The van der Waals surface area contributed by atoms with Gasteiger partial charge in [0.1, 0.15) is 12.4 Å². The van der Waals surface area contributed by atoms with E-state index in [2.05, 4.69) is 53.0 Å². The predicted molar refractivity (Wildman–Crippen MR) is 130 cm³/mol. The van der Waals surface area contributed by atoms with Crippen LogP contribution in [0.5, 0.6) is 0 Å². The molecule has 0 radical (unpaired) electrons. The van der Waals surface area contributed by atoms with Crippen LogP contribution in [-0.2, 0) is 35.3 Å². The molecular weight excluding hydrogens is 380 g/mol. The van der Waals surface area contributed by atoms with Gasteiger partial charge in [-0.3, -0.25) is 0 Å². The van der Waals surface area contributed by atoms with Gasteiger partial charge in [0.05, 0.1) is 12.2 Å². The van der Waals surface area contributed by atoms with Gasteiger partial charge in [-0.1, -0.05) is 82.5 Å². The highest BCUT2D eigenvalue weighted by Gasteiger charge is 2.32. The van der Waals surface area contributed by atoms with Crippen LogP contribution in [0.2, 0.25) is 0 Å². The molecule has 1 aliphatic carbocycles. The van der Waals surface area contributed by atoms with Crippen molar-refractivity contribution in [3.8, 4) is 0 Å². The van der Waals surface area contributed by atoms with Crippen molar-refractivity contribution in [1.29, 1.82) is 0 Å². The normalized spacial score (nSPS) is 18.7. The van der Waals surface area contributed by atoms with E-state index in [1.54, 1.807) is 0 Å². The Morgan fingerprint density at radius 3 is 2.42 bits per heavy atom. The first kappa shape index (κ1) is 23.1. The first-order chi connectivity index (χ1) is 14.9. The molecule has 0 spiro atoms. The van der Waals surface area contributed by atoms with E-state index >= 15 is 0 Å². The average Bonchev–Trinajstić information content (AvgIpc) is 3.09. The molecule has 0 saturated carbocycles. The summed E-state index contributed by atoms with van der Waals surface area (Å²) in [7, 11) is 0. The van der Waals surface area contributed by atoms with Gasteiger partial charge in [-0.25, -0.2) is 0 Å². The van der Waals surface area contributed by atoms with Gasteiger partial charge in [-0.05, 0) is 71.6 Å². The lowest BCUT2D eigenvalue weighted by Gasteiger charge is -2.24. The van der Waals surface area contributed by atoms with Crippen molar-refractivity contribution in [2.45, 2.75) is 65.8 Å². The second kappa shape index (κ2) is 10.6. The maximum atomic E-state index is 6.53. The van der Waals surface area contributed by atoms with E-state index in [0.29, 0.717) is 18.3 Å². The van der Waals surface area contributed by atoms with Gasteiger partial charge in [0.25, 0.3) is 0 Å². The largest absolute Gasteiger partial charge is 0.490 e. The maximum Gasteiger partial charge on any atom is 0.113 e. The smallest absolute Gasteiger partial charge is 0.113 e. The molecular formula is C29H36O2. The van der Waals surface area contributed by atoms with Crippen LogP contribution in [-0.4, -0.2) is 6.10 Å². The second-order valence-electron chi connectivity index (χ2n) is 8.56. The van der Waals surface area contributed by atoms with Crippen molar-refractivity contribution in [2.24, 2.45) is 5.92 Å². The van der Waals surface area contributed by atoms with E-state index in [9.17, 15) is 0 Å². The van der Waals surface area contributed by atoms with Crippen LogP contribution in [0.25, 0.3) is 0 Å². The molecule has 164 valence electrons. The fourth-order valence-electron chi connectivity index (χ4n) is 4.27. The van der Waals surface area contributed by atoms with E-state index in [0.717, 1.165) is 30.4 Å². The number of hydrogen-bond donors (Lipinski definition) is 0. The number of benzene rings is 2. The van der Waals surface area contributed by atoms with E-state index in [4.69, 9.17) is 9.47 Å². The monoisotopic (exact) mass is 416 g/mol. The lowest BCUT2D eigenvalue weighted by Crippen LogP contribution is -2.17. The molecule has 0 bridgehead atoms. The van der Waals surface area contributed by atoms with Gasteiger partial charge in [0.15, 0.2) is 0 Å². The first-order valence-electron chi connectivity index (χ1n) is 11.4. The number of fused-ring (bicyclic) bond motifs is 1. The summed E-state index contributed by atoms with van der Waals surface area (Å²) in [6.45, 7) is 17.6. The minimum Gasteiger partial charge on any atom is -0.490 e. The topological polar surface area (TPSA) is 18.5 Å². The highest BCUT2D eigenvalue weighted by Crippen LogP contribution is 2.41. The third-order valence-corrected chi connectivity index (χ3v) is 6.21. The van der Waals surface area contributed by atoms with Gasteiger partial charge in [0.2, 0.25) is 0 Å². The van der Waals surface area contributed by atoms with E-state index < -0.39 is 0 Å². The van der Waals surface area contributed by atoms with Crippen LogP contribution in [0, 0.1) is 5.92 Å². The zero-order valence-corrected chi connectivity index (χ0v) is 19.5. The number of ether oxygens (including phenoxy) is 2. The summed E-state index contributed by atoms with van der Waals surface area (Å²) < 4.78 is 12.3. The molecule has 2 aromatic carbocycles. The van der Waals surface area contributed by atoms with E-state index in [1.165, 1.54) is 22.3 Å². The molecule has 31 heavy (non-hydrogen) atoms. The summed E-state index contributed by atoms with van der Waals surface area (Å²) in [5, 5.41) is 0. The molecule has 1 aliphatic rings. The molecule has 3 rings (SSSR count). The Balaban J connectivity index is 1.59. The quantitative estimate of drug-likeness (QED) is 0.299. The van der Waals surface area contributed by atoms with Crippen LogP contribution >= 0.6 is 0 Å². The zero-order chi connectivity index (χ0) is 22.4. The summed E-state index contributed by atoms with van der Waals surface area (Å²) in [5.41, 5.74) is 7.78. The standard InChI is InChI=1S/C29H36O2/c1-7-25-17-27-16-21(4)29(28(27)18-26(25)8-2)31-23(6)20(3)14-15-22(5)30-19-24-12-10-9-11-13-24/h9-15,17-18,21,23,29H,3,5,7-8,16,19H2,1-2,4,6H3. The van der Waals surface area contributed by atoms with Crippen molar-refractivity contribution in [2.75, 3.05) is 0 Å². The Morgan fingerprint density at radius 1 is 1.06 bits per heavy atom. The average molecular weight is 417 g/mol. The highest BCUT2D eigenvalue weighted by atomic mass is 16.5. The molecule has 2 heteroatoms. The fraction of sp³-hybridized carbons (Fsp3) is 0.379. The minimum atomic E-state index is -0.0764. The SMILES string of the molecule is C=C(C=CC(=C)C(C)OC1c2cc(CC)c(CC)cc2CC1C)OCc1ccccc1. The van der Waals surface area contributed by atoms with Gasteiger partial charge < -0.3 is 9.47 Å². The Hall–Kier alpha value is -2.58. The minimum absolute atomic E-state index is 0.0764. The Kier molecular flexibility index (Phi) is 7.92. The number of rotatable bonds is 10. The summed E-state index contributed by atoms with van der Waals surface area (Å²) >= 11 is 0. The summed E-state index contributed by atoms with van der Waals surface area (Å²) in [6, 6.07) is 14.9. The van der Waals surface area contributed by atoms with Crippen LogP contribution in [0.15, 0.2) is 79.1 Å².